The summed E-state index contributed by atoms with van der Waals surface area (Å²) in [5, 5.41) is 0. The fraction of sp³-hybridized carbons (Fsp3) is 0.300. The maximum absolute atomic E-state index is 6.48. The van der Waals surface area contributed by atoms with Crippen LogP contribution in [0.3, 0.4) is 0 Å². The number of allylic oxidation sites excluding steroid dienone is 1. The Labute approximate surface area is 131 Å². The Morgan fingerprint density at radius 3 is 1.73 bits per heavy atom. The van der Waals surface area contributed by atoms with Gasteiger partial charge in [-0.25, -0.2) is 0 Å². The van der Waals surface area contributed by atoms with Gasteiger partial charge in [0.1, 0.15) is 12.2 Å². The Morgan fingerprint density at radius 1 is 0.818 bits per heavy atom. The Balaban J connectivity index is 1.75. The van der Waals surface area contributed by atoms with Crippen molar-refractivity contribution >= 4 is 0 Å². The van der Waals surface area contributed by atoms with Crippen molar-refractivity contribution in [3.8, 4) is 0 Å². The summed E-state index contributed by atoms with van der Waals surface area (Å²) in [6.45, 7) is 2.11. The second kappa shape index (κ2) is 5.38. The van der Waals surface area contributed by atoms with Gasteiger partial charge in [0.25, 0.3) is 0 Å². The van der Waals surface area contributed by atoms with E-state index in [4.69, 9.17) is 9.47 Å². The zero-order valence-electron chi connectivity index (χ0n) is 12.7. The average Bonchev–Trinajstić information content (AvgIpc) is 3.14. The monoisotopic (exact) mass is 292 g/mol. The molecular weight excluding hydrogens is 272 g/mol. The quantitative estimate of drug-likeness (QED) is 0.729. The Morgan fingerprint density at radius 2 is 1.32 bits per heavy atom. The van der Waals surface area contributed by atoms with Crippen molar-refractivity contribution in [3.63, 3.8) is 0 Å². The van der Waals surface area contributed by atoms with E-state index in [9.17, 15) is 0 Å². The van der Waals surface area contributed by atoms with Crippen LogP contribution in [0, 0.1) is 0 Å². The predicted molar refractivity (Wildman–Crippen MR) is 86.3 cm³/mol. The van der Waals surface area contributed by atoms with E-state index in [1.165, 1.54) is 16.7 Å². The van der Waals surface area contributed by atoms with E-state index in [0.29, 0.717) is 0 Å². The average molecular weight is 292 g/mol. The van der Waals surface area contributed by atoms with Crippen LogP contribution in [-0.4, -0.2) is 5.79 Å². The normalized spacial score (nSPS) is 26.3. The molecule has 22 heavy (non-hydrogen) atoms. The van der Waals surface area contributed by atoms with Crippen molar-refractivity contribution in [1.29, 1.82) is 0 Å². The summed E-state index contributed by atoms with van der Waals surface area (Å²) in [4.78, 5) is 0. The first-order valence-corrected chi connectivity index (χ1v) is 7.91. The van der Waals surface area contributed by atoms with Gasteiger partial charge in [-0.15, -0.1) is 0 Å². The number of ether oxygens (including phenoxy) is 2. The van der Waals surface area contributed by atoms with Gasteiger partial charge >= 0.3 is 0 Å². The molecule has 1 aliphatic carbocycles. The maximum atomic E-state index is 6.48. The third-order valence-corrected chi connectivity index (χ3v) is 4.69. The Hall–Kier alpha value is -1.90. The summed E-state index contributed by atoms with van der Waals surface area (Å²) in [5.74, 6) is -0.541. The number of hydrogen-bond donors (Lipinski definition) is 0. The van der Waals surface area contributed by atoms with E-state index in [-0.39, 0.29) is 12.2 Å². The molecule has 2 aliphatic rings. The van der Waals surface area contributed by atoms with Crippen LogP contribution in [-0.2, 0) is 9.47 Å². The van der Waals surface area contributed by atoms with Crippen molar-refractivity contribution in [1.82, 2.24) is 0 Å². The third kappa shape index (κ3) is 2.20. The first kappa shape index (κ1) is 13.7. The molecule has 4 rings (SSSR count). The largest absolute Gasteiger partial charge is 0.335 e. The summed E-state index contributed by atoms with van der Waals surface area (Å²) in [7, 11) is 0. The van der Waals surface area contributed by atoms with Gasteiger partial charge < -0.3 is 9.47 Å². The van der Waals surface area contributed by atoms with Gasteiger partial charge in [-0.2, -0.15) is 0 Å². The van der Waals surface area contributed by atoms with Gasteiger partial charge in [-0.05, 0) is 30.0 Å². The second-order valence-corrected chi connectivity index (χ2v) is 6.08. The molecule has 0 radical (unpaired) electrons. The summed E-state index contributed by atoms with van der Waals surface area (Å²) in [6.07, 6.45) is 4.03. The molecule has 112 valence electrons. The molecule has 2 atom stereocenters. The molecule has 1 spiro atoms. The van der Waals surface area contributed by atoms with E-state index in [2.05, 4.69) is 61.5 Å². The lowest BCUT2D eigenvalue weighted by molar-refractivity contribution is -0.145. The molecule has 2 nitrogen and oxygen atoms in total. The highest BCUT2D eigenvalue weighted by molar-refractivity contribution is 5.29. The first-order chi connectivity index (χ1) is 10.8. The molecule has 1 aliphatic heterocycles. The van der Waals surface area contributed by atoms with Crippen LogP contribution < -0.4 is 0 Å². The second-order valence-electron chi connectivity index (χ2n) is 6.08. The summed E-state index contributed by atoms with van der Waals surface area (Å²) in [6, 6.07) is 20.8. The summed E-state index contributed by atoms with van der Waals surface area (Å²) < 4.78 is 13.0. The molecule has 1 fully saturated rings. The predicted octanol–water partition coefficient (Wildman–Crippen LogP) is 4.95. The van der Waals surface area contributed by atoms with E-state index in [1.807, 2.05) is 12.1 Å². The van der Waals surface area contributed by atoms with Crippen molar-refractivity contribution in [2.24, 2.45) is 0 Å². The molecule has 1 heterocycles. The van der Waals surface area contributed by atoms with Crippen LogP contribution >= 0.6 is 0 Å². The number of hydrogen-bond acceptors (Lipinski definition) is 2. The highest BCUT2D eigenvalue weighted by atomic mass is 16.8. The molecule has 2 aromatic rings. The van der Waals surface area contributed by atoms with Gasteiger partial charge in [0.05, 0.1) is 0 Å². The molecule has 2 aromatic carbocycles. The lowest BCUT2D eigenvalue weighted by atomic mass is 9.99. The van der Waals surface area contributed by atoms with Crippen LogP contribution in [0.5, 0.6) is 0 Å². The SMILES string of the molecule is CC1=CCCC12O[C@@H](c1ccccc1)[C@H](c1ccccc1)O2. The van der Waals surface area contributed by atoms with Crippen LogP contribution in [0.15, 0.2) is 72.3 Å². The number of rotatable bonds is 2. The fourth-order valence-electron chi connectivity index (χ4n) is 3.47. The van der Waals surface area contributed by atoms with Crippen molar-refractivity contribution in [2.75, 3.05) is 0 Å². The molecule has 0 bridgehead atoms. The van der Waals surface area contributed by atoms with E-state index in [1.54, 1.807) is 0 Å². The summed E-state index contributed by atoms with van der Waals surface area (Å²) >= 11 is 0. The molecule has 0 aromatic heterocycles. The van der Waals surface area contributed by atoms with Crippen molar-refractivity contribution in [3.05, 3.63) is 83.4 Å². The highest BCUT2D eigenvalue weighted by Gasteiger charge is 2.50. The minimum absolute atomic E-state index is 0.0648. The molecular formula is C20H20O2. The lowest BCUT2D eigenvalue weighted by Gasteiger charge is -2.24. The fourth-order valence-corrected chi connectivity index (χ4v) is 3.47. The number of benzene rings is 2. The van der Waals surface area contributed by atoms with Gasteiger partial charge in [-0.3, -0.25) is 0 Å². The minimum atomic E-state index is -0.541. The van der Waals surface area contributed by atoms with Crippen LogP contribution in [0.4, 0.5) is 0 Å². The van der Waals surface area contributed by atoms with Crippen molar-refractivity contribution < 1.29 is 9.47 Å². The molecule has 1 saturated heterocycles. The first-order valence-electron chi connectivity index (χ1n) is 7.91. The van der Waals surface area contributed by atoms with Crippen LogP contribution in [0.2, 0.25) is 0 Å². The van der Waals surface area contributed by atoms with E-state index >= 15 is 0 Å². The van der Waals surface area contributed by atoms with Gasteiger partial charge in [-0.1, -0.05) is 66.7 Å². The topological polar surface area (TPSA) is 18.5 Å². The molecule has 0 saturated carbocycles. The molecule has 0 amide bonds. The zero-order valence-corrected chi connectivity index (χ0v) is 12.7. The van der Waals surface area contributed by atoms with Crippen LogP contribution in [0.1, 0.15) is 43.1 Å². The minimum Gasteiger partial charge on any atom is -0.335 e. The molecule has 2 heteroatoms. The summed E-state index contributed by atoms with van der Waals surface area (Å²) in [5.41, 5.74) is 3.55. The van der Waals surface area contributed by atoms with Crippen LogP contribution in [0.25, 0.3) is 0 Å². The smallest absolute Gasteiger partial charge is 0.192 e. The van der Waals surface area contributed by atoms with Gasteiger partial charge in [0.2, 0.25) is 0 Å². The van der Waals surface area contributed by atoms with E-state index in [0.717, 1.165) is 12.8 Å². The molecule has 0 unspecified atom stereocenters. The highest BCUT2D eigenvalue weighted by Crippen LogP contribution is 2.53. The third-order valence-electron chi connectivity index (χ3n) is 4.69. The van der Waals surface area contributed by atoms with Gasteiger partial charge in [0.15, 0.2) is 5.79 Å². The van der Waals surface area contributed by atoms with Crippen molar-refractivity contribution in [2.45, 2.75) is 37.8 Å². The standard InChI is InChI=1S/C20H20O2/c1-15-9-8-14-20(15)21-18(16-10-4-2-5-11-16)19(22-20)17-12-6-3-7-13-17/h2-7,9-13,18-19H,8,14H2,1H3/t18-,19-/m0/s1. The molecule has 0 N–H and O–H groups in total. The van der Waals surface area contributed by atoms with Gasteiger partial charge in [0, 0.05) is 6.42 Å². The maximum Gasteiger partial charge on any atom is 0.192 e. The lowest BCUT2D eigenvalue weighted by Crippen LogP contribution is -2.28. The Kier molecular flexibility index (Phi) is 3.36. The Bertz CT molecular complexity index is 628. The zero-order chi connectivity index (χ0) is 15.0. The van der Waals surface area contributed by atoms with E-state index < -0.39 is 5.79 Å².